The largest absolute Gasteiger partial charge is 0.395 e. The lowest BCUT2D eigenvalue weighted by Gasteiger charge is -2.20. The maximum Gasteiger partial charge on any atom is 0.0558 e. The summed E-state index contributed by atoms with van der Waals surface area (Å²) in [6.45, 7) is 7.19. The van der Waals surface area contributed by atoms with Crippen molar-refractivity contribution in [3.63, 3.8) is 0 Å². The molecule has 1 aromatic heterocycles. The molecule has 0 aliphatic carbocycles. The molecule has 2 aromatic rings. The second-order valence-electron chi connectivity index (χ2n) is 4.78. The van der Waals surface area contributed by atoms with E-state index < -0.39 is 0 Å². The topological polar surface area (TPSA) is 35.5 Å². The molecule has 0 aliphatic rings. The first-order valence-corrected chi connectivity index (χ1v) is 7.69. The molecule has 20 heavy (non-hydrogen) atoms. The molecule has 0 spiro atoms. The van der Waals surface area contributed by atoms with Gasteiger partial charge in [0.1, 0.15) is 0 Å². The van der Waals surface area contributed by atoms with E-state index in [0.29, 0.717) is 6.54 Å². The molecule has 3 nitrogen and oxygen atoms in total. The summed E-state index contributed by atoms with van der Waals surface area (Å²) in [4.78, 5) is 3.60. The van der Waals surface area contributed by atoms with E-state index in [1.54, 1.807) is 0 Å². The van der Waals surface area contributed by atoms with Crippen molar-refractivity contribution in [3.8, 4) is 0 Å². The number of benzene rings is 1. The standard InChI is InChI=1S/C16H22N2OS/c1-3-8-18(9-10-19)12-14-13-6-4-5-7-15(13)20-16(14)11-17-2/h3-7,17,19H,1,8-12H2,2H3. The lowest BCUT2D eigenvalue weighted by Crippen LogP contribution is -2.27. The van der Waals surface area contributed by atoms with Crippen LogP contribution in [0.1, 0.15) is 10.4 Å². The molecule has 0 bridgehead atoms. The summed E-state index contributed by atoms with van der Waals surface area (Å²) in [6.07, 6.45) is 1.89. The summed E-state index contributed by atoms with van der Waals surface area (Å²) < 4.78 is 1.33. The van der Waals surface area contributed by atoms with E-state index in [1.807, 2.05) is 24.5 Å². The van der Waals surface area contributed by atoms with Crippen molar-refractivity contribution in [2.45, 2.75) is 13.1 Å². The van der Waals surface area contributed by atoms with Gasteiger partial charge in [-0.05, 0) is 24.1 Å². The molecule has 0 radical (unpaired) electrons. The smallest absolute Gasteiger partial charge is 0.0558 e. The van der Waals surface area contributed by atoms with Gasteiger partial charge in [-0.1, -0.05) is 24.3 Å². The fraction of sp³-hybridized carbons (Fsp3) is 0.375. The molecule has 1 aromatic carbocycles. The van der Waals surface area contributed by atoms with Crippen LogP contribution in [0.4, 0.5) is 0 Å². The van der Waals surface area contributed by atoms with Crippen LogP contribution in [-0.2, 0) is 13.1 Å². The Morgan fingerprint density at radius 3 is 2.90 bits per heavy atom. The van der Waals surface area contributed by atoms with E-state index in [2.05, 4.69) is 41.1 Å². The molecule has 0 amide bonds. The molecular formula is C16H22N2OS. The predicted octanol–water partition coefficient (Wildman–Crippen LogP) is 2.60. The normalized spacial score (nSPS) is 11.3. The third-order valence-corrected chi connectivity index (χ3v) is 4.52. The van der Waals surface area contributed by atoms with E-state index in [0.717, 1.165) is 19.6 Å². The zero-order chi connectivity index (χ0) is 14.4. The first-order valence-electron chi connectivity index (χ1n) is 6.88. The van der Waals surface area contributed by atoms with Crippen molar-refractivity contribution >= 4 is 21.4 Å². The van der Waals surface area contributed by atoms with Gasteiger partial charge in [-0.15, -0.1) is 17.9 Å². The quantitative estimate of drug-likeness (QED) is 0.734. The van der Waals surface area contributed by atoms with Gasteiger partial charge in [-0.3, -0.25) is 4.90 Å². The number of hydrogen-bond acceptors (Lipinski definition) is 4. The molecule has 4 heteroatoms. The third kappa shape index (κ3) is 3.46. The molecule has 0 saturated heterocycles. The van der Waals surface area contributed by atoms with E-state index in [9.17, 15) is 5.11 Å². The number of rotatable bonds is 8. The summed E-state index contributed by atoms with van der Waals surface area (Å²) in [6, 6.07) is 8.53. The summed E-state index contributed by atoms with van der Waals surface area (Å²) in [5.41, 5.74) is 1.37. The van der Waals surface area contributed by atoms with Crippen molar-refractivity contribution < 1.29 is 5.11 Å². The van der Waals surface area contributed by atoms with Gasteiger partial charge in [0.05, 0.1) is 6.61 Å². The maximum atomic E-state index is 9.19. The molecule has 2 N–H and O–H groups in total. The summed E-state index contributed by atoms with van der Waals surface area (Å²) in [7, 11) is 1.98. The van der Waals surface area contributed by atoms with Gasteiger partial charge < -0.3 is 10.4 Å². The number of fused-ring (bicyclic) bond motifs is 1. The molecule has 0 unspecified atom stereocenters. The van der Waals surface area contributed by atoms with Crippen LogP contribution in [0.25, 0.3) is 10.1 Å². The average Bonchev–Trinajstić information content (AvgIpc) is 2.78. The predicted molar refractivity (Wildman–Crippen MR) is 87.1 cm³/mol. The van der Waals surface area contributed by atoms with Crippen LogP contribution < -0.4 is 5.32 Å². The molecule has 2 rings (SSSR count). The minimum absolute atomic E-state index is 0.178. The lowest BCUT2D eigenvalue weighted by atomic mass is 10.1. The fourth-order valence-electron chi connectivity index (χ4n) is 2.41. The van der Waals surface area contributed by atoms with Gasteiger partial charge >= 0.3 is 0 Å². The maximum absolute atomic E-state index is 9.19. The molecule has 108 valence electrons. The number of aliphatic hydroxyl groups is 1. The van der Waals surface area contributed by atoms with Crippen LogP contribution >= 0.6 is 11.3 Å². The van der Waals surface area contributed by atoms with Crippen LogP contribution in [0, 0.1) is 0 Å². The van der Waals surface area contributed by atoms with E-state index >= 15 is 0 Å². The Kier molecular flexibility index (Phi) is 5.73. The van der Waals surface area contributed by atoms with Gasteiger partial charge in [-0.25, -0.2) is 0 Å². The Balaban J connectivity index is 2.34. The van der Waals surface area contributed by atoms with Gasteiger partial charge in [0.25, 0.3) is 0 Å². The minimum Gasteiger partial charge on any atom is -0.395 e. The number of hydrogen-bond donors (Lipinski definition) is 2. The highest BCUT2D eigenvalue weighted by atomic mass is 32.1. The Labute approximate surface area is 124 Å². The van der Waals surface area contributed by atoms with Crippen LogP contribution in [-0.4, -0.2) is 36.8 Å². The molecule has 1 heterocycles. The first kappa shape index (κ1) is 15.2. The Hall–Kier alpha value is -1.20. The van der Waals surface area contributed by atoms with E-state index in [4.69, 9.17) is 0 Å². The number of nitrogens with one attached hydrogen (secondary N) is 1. The van der Waals surface area contributed by atoms with Crippen molar-refractivity contribution in [2.75, 3.05) is 26.7 Å². The van der Waals surface area contributed by atoms with Crippen molar-refractivity contribution in [2.24, 2.45) is 0 Å². The number of aliphatic hydroxyl groups excluding tert-OH is 1. The SMILES string of the molecule is C=CCN(CCO)Cc1c(CNC)sc2ccccc12. The molecule has 0 fully saturated rings. The zero-order valence-corrected chi connectivity index (χ0v) is 12.7. The van der Waals surface area contributed by atoms with Crippen molar-refractivity contribution in [3.05, 3.63) is 47.4 Å². The van der Waals surface area contributed by atoms with Crippen LogP contribution in [0.5, 0.6) is 0 Å². The molecule has 0 aliphatic heterocycles. The third-order valence-electron chi connectivity index (χ3n) is 3.30. The summed E-state index contributed by atoms with van der Waals surface area (Å²) in [5.74, 6) is 0. The average molecular weight is 290 g/mol. The van der Waals surface area contributed by atoms with Gasteiger partial charge in [0, 0.05) is 35.8 Å². The highest BCUT2D eigenvalue weighted by Gasteiger charge is 2.14. The van der Waals surface area contributed by atoms with Crippen LogP contribution in [0.3, 0.4) is 0 Å². The van der Waals surface area contributed by atoms with Crippen molar-refractivity contribution in [1.82, 2.24) is 10.2 Å². The van der Waals surface area contributed by atoms with Gasteiger partial charge in [0.15, 0.2) is 0 Å². The number of nitrogens with zero attached hydrogens (tertiary/aromatic N) is 1. The van der Waals surface area contributed by atoms with Crippen LogP contribution in [0.15, 0.2) is 36.9 Å². The first-order chi connectivity index (χ1) is 9.80. The second-order valence-corrected chi connectivity index (χ2v) is 5.91. The number of thiophene rings is 1. The minimum atomic E-state index is 0.178. The Morgan fingerprint density at radius 2 is 2.20 bits per heavy atom. The summed E-state index contributed by atoms with van der Waals surface area (Å²) >= 11 is 1.85. The molecular weight excluding hydrogens is 268 g/mol. The Morgan fingerprint density at radius 1 is 1.40 bits per heavy atom. The highest BCUT2D eigenvalue weighted by Crippen LogP contribution is 2.32. The van der Waals surface area contributed by atoms with E-state index in [1.165, 1.54) is 20.5 Å². The lowest BCUT2D eigenvalue weighted by molar-refractivity contribution is 0.203. The second kappa shape index (κ2) is 7.55. The monoisotopic (exact) mass is 290 g/mol. The fourth-order valence-corrected chi connectivity index (χ4v) is 3.64. The van der Waals surface area contributed by atoms with Gasteiger partial charge in [0.2, 0.25) is 0 Å². The van der Waals surface area contributed by atoms with E-state index in [-0.39, 0.29) is 6.61 Å². The summed E-state index contributed by atoms with van der Waals surface area (Å²) in [5, 5.41) is 13.8. The molecule has 0 saturated carbocycles. The zero-order valence-electron chi connectivity index (χ0n) is 11.9. The van der Waals surface area contributed by atoms with Gasteiger partial charge in [-0.2, -0.15) is 0 Å². The highest BCUT2D eigenvalue weighted by molar-refractivity contribution is 7.19. The molecule has 0 atom stereocenters. The van der Waals surface area contributed by atoms with Crippen molar-refractivity contribution in [1.29, 1.82) is 0 Å². The Bertz CT molecular complexity index is 565. The van der Waals surface area contributed by atoms with Crippen LogP contribution in [0.2, 0.25) is 0 Å².